The van der Waals surface area contributed by atoms with Gasteiger partial charge in [-0.3, -0.25) is 4.90 Å². The van der Waals surface area contributed by atoms with Crippen LogP contribution in [-0.2, 0) is 0 Å². The zero-order valence-corrected chi connectivity index (χ0v) is 9.63. The number of rotatable bonds is 5. The van der Waals surface area contributed by atoms with Crippen molar-refractivity contribution in [3.05, 3.63) is 0 Å². The average Bonchev–Trinajstić information content (AvgIpc) is 2.90. The third kappa shape index (κ3) is 2.71. The molecule has 0 aromatic rings. The highest BCUT2D eigenvalue weighted by Gasteiger charge is 2.27. The molecule has 2 rings (SSSR count). The van der Waals surface area contributed by atoms with Crippen LogP contribution in [0.25, 0.3) is 0 Å². The highest BCUT2D eigenvalue weighted by molar-refractivity contribution is 4.85. The predicted octanol–water partition coefficient (Wildman–Crippen LogP) is 1.86. The molecular formula is C12H24N2. The lowest BCUT2D eigenvalue weighted by atomic mass is 10.1. The van der Waals surface area contributed by atoms with Gasteiger partial charge in [-0.1, -0.05) is 13.8 Å². The topological polar surface area (TPSA) is 15.3 Å². The van der Waals surface area contributed by atoms with E-state index in [-0.39, 0.29) is 0 Å². The summed E-state index contributed by atoms with van der Waals surface area (Å²) in [6.07, 6.45) is 5.52. The lowest BCUT2D eigenvalue weighted by molar-refractivity contribution is 0.223. The molecule has 0 bridgehead atoms. The second-order valence-corrected chi connectivity index (χ2v) is 5.13. The first-order valence-corrected chi connectivity index (χ1v) is 6.27. The molecule has 0 radical (unpaired) electrons. The summed E-state index contributed by atoms with van der Waals surface area (Å²) in [5.74, 6) is 0.921. The molecule has 1 N–H and O–H groups in total. The summed E-state index contributed by atoms with van der Waals surface area (Å²) < 4.78 is 0. The van der Waals surface area contributed by atoms with Gasteiger partial charge >= 0.3 is 0 Å². The van der Waals surface area contributed by atoms with E-state index < -0.39 is 0 Å². The van der Waals surface area contributed by atoms with Crippen LogP contribution >= 0.6 is 0 Å². The summed E-state index contributed by atoms with van der Waals surface area (Å²) >= 11 is 0. The Balaban J connectivity index is 1.73. The van der Waals surface area contributed by atoms with E-state index in [9.17, 15) is 0 Å². The van der Waals surface area contributed by atoms with E-state index in [1.165, 1.54) is 45.3 Å². The quantitative estimate of drug-likeness (QED) is 0.722. The van der Waals surface area contributed by atoms with Crippen LogP contribution in [0.5, 0.6) is 0 Å². The van der Waals surface area contributed by atoms with Gasteiger partial charge in [0, 0.05) is 25.2 Å². The van der Waals surface area contributed by atoms with Gasteiger partial charge in [-0.15, -0.1) is 0 Å². The van der Waals surface area contributed by atoms with E-state index in [1.807, 2.05) is 0 Å². The van der Waals surface area contributed by atoms with E-state index in [2.05, 4.69) is 24.1 Å². The fourth-order valence-corrected chi connectivity index (χ4v) is 2.42. The Bertz CT molecular complexity index is 177. The van der Waals surface area contributed by atoms with E-state index in [1.54, 1.807) is 0 Å². The summed E-state index contributed by atoms with van der Waals surface area (Å²) in [5, 5.41) is 3.66. The van der Waals surface area contributed by atoms with E-state index >= 15 is 0 Å². The Labute approximate surface area is 88.1 Å². The van der Waals surface area contributed by atoms with Gasteiger partial charge < -0.3 is 5.32 Å². The van der Waals surface area contributed by atoms with Gasteiger partial charge in [-0.05, 0) is 38.1 Å². The molecule has 2 fully saturated rings. The summed E-state index contributed by atoms with van der Waals surface area (Å²) in [6, 6.07) is 1.66. The van der Waals surface area contributed by atoms with Gasteiger partial charge in [0.05, 0.1) is 0 Å². The molecule has 0 spiro atoms. The first kappa shape index (κ1) is 10.4. The Morgan fingerprint density at radius 1 is 1.36 bits per heavy atom. The smallest absolute Gasteiger partial charge is 0.0218 e. The van der Waals surface area contributed by atoms with Crippen LogP contribution in [-0.4, -0.2) is 36.6 Å². The molecule has 2 unspecified atom stereocenters. The molecule has 1 aliphatic carbocycles. The second-order valence-electron chi connectivity index (χ2n) is 5.13. The van der Waals surface area contributed by atoms with Crippen molar-refractivity contribution in [2.24, 2.45) is 5.92 Å². The van der Waals surface area contributed by atoms with Gasteiger partial charge in [0.15, 0.2) is 0 Å². The van der Waals surface area contributed by atoms with E-state index in [4.69, 9.17) is 0 Å². The molecule has 2 heteroatoms. The summed E-state index contributed by atoms with van der Waals surface area (Å²) in [7, 11) is 0. The lowest BCUT2D eigenvalue weighted by Gasteiger charge is -2.27. The molecular weight excluding hydrogens is 172 g/mol. The Morgan fingerprint density at radius 2 is 2.14 bits per heavy atom. The molecule has 82 valence electrons. The number of nitrogens with zero attached hydrogens (tertiary/aromatic N) is 1. The van der Waals surface area contributed by atoms with Crippen LogP contribution < -0.4 is 5.32 Å². The Kier molecular flexibility index (Phi) is 3.45. The van der Waals surface area contributed by atoms with Crippen molar-refractivity contribution in [2.45, 2.75) is 51.6 Å². The van der Waals surface area contributed by atoms with Crippen molar-refractivity contribution in [1.29, 1.82) is 0 Å². The van der Waals surface area contributed by atoms with Gasteiger partial charge in [0.1, 0.15) is 0 Å². The molecule has 2 aliphatic rings. The summed E-state index contributed by atoms with van der Waals surface area (Å²) in [4.78, 5) is 2.68. The number of likely N-dealkylation sites (tertiary alicyclic amines) is 1. The maximum Gasteiger partial charge on any atom is 0.0218 e. The first-order chi connectivity index (χ1) is 6.79. The van der Waals surface area contributed by atoms with Crippen LogP contribution in [0.4, 0.5) is 0 Å². The van der Waals surface area contributed by atoms with Crippen LogP contribution in [0.1, 0.15) is 39.5 Å². The zero-order valence-electron chi connectivity index (χ0n) is 9.63. The van der Waals surface area contributed by atoms with Gasteiger partial charge in [0.25, 0.3) is 0 Å². The van der Waals surface area contributed by atoms with Crippen molar-refractivity contribution < 1.29 is 0 Å². The maximum atomic E-state index is 3.66. The van der Waals surface area contributed by atoms with E-state index in [0.717, 1.165) is 18.0 Å². The molecule has 2 nitrogen and oxygen atoms in total. The van der Waals surface area contributed by atoms with Crippen LogP contribution in [0.2, 0.25) is 0 Å². The monoisotopic (exact) mass is 196 g/mol. The van der Waals surface area contributed by atoms with Gasteiger partial charge in [-0.25, -0.2) is 0 Å². The first-order valence-electron chi connectivity index (χ1n) is 6.27. The summed E-state index contributed by atoms with van der Waals surface area (Å²) in [5.41, 5.74) is 0. The van der Waals surface area contributed by atoms with Crippen LogP contribution in [0.3, 0.4) is 0 Å². The average molecular weight is 196 g/mol. The van der Waals surface area contributed by atoms with Crippen LogP contribution in [0, 0.1) is 5.92 Å². The maximum absolute atomic E-state index is 3.66. The number of hydrogen-bond donors (Lipinski definition) is 1. The fourth-order valence-electron chi connectivity index (χ4n) is 2.42. The molecule has 1 aliphatic heterocycles. The minimum Gasteiger partial charge on any atom is -0.312 e. The van der Waals surface area contributed by atoms with Crippen molar-refractivity contribution in [2.75, 3.05) is 19.6 Å². The van der Waals surface area contributed by atoms with Gasteiger partial charge in [-0.2, -0.15) is 0 Å². The predicted molar refractivity (Wildman–Crippen MR) is 60.5 cm³/mol. The molecule has 1 heterocycles. The molecule has 1 saturated carbocycles. The van der Waals surface area contributed by atoms with E-state index in [0.29, 0.717) is 0 Å². The molecule has 2 atom stereocenters. The lowest BCUT2D eigenvalue weighted by Crippen LogP contribution is -2.41. The van der Waals surface area contributed by atoms with Crippen molar-refractivity contribution >= 4 is 0 Å². The standard InChI is InChI=1S/C12H24N2/c1-3-12(8-13-11-4-5-11)14-7-6-10(2)9-14/h10-13H,3-9H2,1-2H3. The van der Waals surface area contributed by atoms with Crippen molar-refractivity contribution in [3.63, 3.8) is 0 Å². The van der Waals surface area contributed by atoms with Crippen LogP contribution in [0.15, 0.2) is 0 Å². The molecule has 0 amide bonds. The molecule has 0 aromatic carbocycles. The number of nitrogens with one attached hydrogen (secondary N) is 1. The molecule has 0 aromatic heterocycles. The van der Waals surface area contributed by atoms with Gasteiger partial charge in [0.2, 0.25) is 0 Å². The largest absolute Gasteiger partial charge is 0.312 e. The molecule has 1 saturated heterocycles. The second kappa shape index (κ2) is 4.63. The Morgan fingerprint density at radius 3 is 2.64 bits per heavy atom. The minimum absolute atomic E-state index is 0.792. The third-order valence-corrected chi connectivity index (χ3v) is 3.66. The zero-order chi connectivity index (χ0) is 9.97. The molecule has 14 heavy (non-hydrogen) atoms. The third-order valence-electron chi connectivity index (χ3n) is 3.66. The van der Waals surface area contributed by atoms with Crippen molar-refractivity contribution in [3.8, 4) is 0 Å². The van der Waals surface area contributed by atoms with Crippen molar-refractivity contribution in [1.82, 2.24) is 10.2 Å². The SMILES string of the molecule is CCC(CNC1CC1)N1CCC(C)C1. The summed E-state index contributed by atoms with van der Waals surface area (Å²) in [6.45, 7) is 8.56. The Hall–Kier alpha value is -0.0800. The number of hydrogen-bond acceptors (Lipinski definition) is 2. The highest BCUT2D eigenvalue weighted by Crippen LogP contribution is 2.21. The fraction of sp³-hybridized carbons (Fsp3) is 1.00. The minimum atomic E-state index is 0.792. The normalized spacial score (nSPS) is 30.9. The highest BCUT2D eigenvalue weighted by atomic mass is 15.2.